The zero-order chi connectivity index (χ0) is 13.0. The maximum Gasteiger partial charge on any atom is 0.133 e. The second-order valence-corrected chi connectivity index (χ2v) is 4.63. The van der Waals surface area contributed by atoms with Gasteiger partial charge in [0.25, 0.3) is 0 Å². The summed E-state index contributed by atoms with van der Waals surface area (Å²) in [5.74, 6) is 0.189. The maximum absolute atomic E-state index is 13.4. The van der Waals surface area contributed by atoms with Gasteiger partial charge in [-0.25, -0.2) is 4.39 Å². The molecule has 2 aromatic rings. The van der Waals surface area contributed by atoms with Crippen molar-refractivity contribution in [3.8, 4) is 5.75 Å². The van der Waals surface area contributed by atoms with Crippen LogP contribution in [-0.2, 0) is 0 Å². The van der Waals surface area contributed by atoms with Gasteiger partial charge in [-0.05, 0) is 34.1 Å². The van der Waals surface area contributed by atoms with E-state index in [0.717, 1.165) is 4.47 Å². The predicted molar refractivity (Wildman–Crippen MR) is 71.0 cm³/mol. The lowest BCUT2D eigenvalue weighted by atomic mass is 10.1. The summed E-state index contributed by atoms with van der Waals surface area (Å²) in [7, 11) is 0. The molecule has 0 aliphatic carbocycles. The first-order valence-corrected chi connectivity index (χ1v) is 6.27. The highest BCUT2D eigenvalue weighted by Gasteiger charge is 2.13. The number of aliphatic hydroxyl groups is 1. The number of para-hydroxylation sites is 1. The van der Waals surface area contributed by atoms with E-state index < -0.39 is 11.9 Å². The van der Waals surface area contributed by atoms with E-state index in [-0.39, 0.29) is 12.2 Å². The van der Waals surface area contributed by atoms with Crippen LogP contribution >= 0.6 is 15.9 Å². The second-order valence-electron chi connectivity index (χ2n) is 3.78. The van der Waals surface area contributed by atoms with E-state index in [1.807, 2.05) is 18.2 Å². The van der Waals surface area contributed by atoms with Gasteiger partial charge in [-0.2, -0.15) is 0 Å². The van der Waals surface area contributed by atoms with Crippen LogP contribution in [0.1, 0.15) is 11.7 Å². The Bertz CT molecular complexity index is 531. The standard InChI is InChI=1S/C14H12BrFO2/c15-11-6-2-4-8-14(11)18-9-13(17)10-5-1-3-7-12(10)16/h1-8,13,17H,9H2/t13-/m1/s1. The van der Waals surface area contributed by atoms with Crippen molar-refractivity contribution < 1.29 is 14.2 Å². The Hall–Kier alpha value is -1.39. The van der Waals surface area contributed by atoms with Crippen LogP contribution in [0.4, 0.5) is 4.39 Å². The van der Waals surface area contributed by atoms with Crippen LogP contribution < -0.4 is 4.74 Å². The van der Waals surface area contributed by atoms with Gasteiger partial charge in [-0.15, -0.1) is 0 Å². The van der Waals surface area contributed by atoms with Crippen molar-refractivity contribution >= 4 is 15.9 Å². The molecule has 2 nitrogen and oxygen atoms in total. The van der Waals surface area contributed by atoms with Gasteiger partial charge in [0.15, 0.2) is 0 Å². The summed E-state index contributed by atoms with van der Waals surface area (Å²) < 4.78 is 19.7. The molecule has 4 heteroatoms. The van der Waals surface area contributed by atoms with Crippen LogP contribution in [0.15, 0.2) is 53.0 Å². The third-order valence-corrected chi connectivity index (χ3v) is 3.15. The molecule has 0 fully saturated rings. The number of rotatable bonds is 4. The molecule has 0 aliphatic heterocycles. The Morgan fingerprint density at radius 3 is 2.50 bits per heavy atom. The van der Waals surface area contributed by atoms with E-state index in [9.17, 15) is 9.50 Å². The zero-order valence-corrected chi connectivity index (χ0v) is 11.1. The SMILES string of the molecule is O[C@H](COc1ccccc1Br)c1ccccc1F. The minimum absolute atomic E-state index is 0.00352. The number of hydrogen-bond acceptors (Lipinski definition) is 2. The van der Waals surface area contributed by atoms with Gasteiger partial charge in [0.1, 0.15) is 24.3 Å². The molecule has 0 aromatic heterocycles. The summed E-state index contributed by atoms with van der Waals surface area (Å²) in [6.07, 6.45) is -0.988. The maximum atomic E-state index is 13.4. The molecule has 0 heterocycles. The Morgan fingerprint density at radius 2 is 1.78 bits per heavy atom. The van der Waals surface area contributed by atoms with E-state index >= 15 is 0 Å². The van der Waals surface area contributed by atoms with Gasteiger partial charge < -0.3 is 9.84 Å². The number of aliphatic hydroxyl groups excluding tert-OH is 1. The number of benzene rings is 2. The van der Waals surface area contributed by atoms with Crippen molar-refractivity contribution in [2.75, 3.05) is 6.61 Å². The van der Waals surface area contributed by atoms with E-state index in [1.54, 1.807) is 24.3 Å². The average Bonchev–Trinajstić information content (AvgIpc) is 2.38. The van der Waals surface area contributed by atoms with E-state index in [4.69, 9.17) is 4.74 Å². The lowest BCUT2D eigenvalue weighted by Gasteiger charge is -2.14. The molecule has 0 amide bonds. The molecule has 0 spiro atoms. The minimum atomic E-state index is -0.988. The van der Waals surface area contributed by atoms with Crippen LogP contribution in [0.2, 0.25) is 0 Å². The van der Waals surface area contributed by atoms with Gasteiger partial charge in [0.05, 0.1) is 4.47 Å². The molecule has 0 bridgehead atoms. The number of halogens is 2. The summed E-state index contributed by atoms with van der Waals surface area (Å²) in [6.45, 7) is 0.00352. The molecular weight excluding hydrogens is 299 g/mol. The Balaban J connectivity index is 2.03. The van der Waals surface area contributed by atoms with E-state index in [0.29, 0.717) is 5.75 Å². The third-order valence-electron chi connectivity index (χ3n) is 2.50. The summed E-state index contributed by atoms with van der Waals surface area (Å²) >= 11 is 3.34. The van der Waals surface area contributed by atoms with Crippen molar-refractivity contribution in [2.24, 2.45) is 0 Å². The van der Waals surface area contributed by atoms with Gasteiger partial charge in [0.2, 0.25) is 0 Å². The average molecular weight is 311 g/mol. The molecule has 94 valence electrons. The summed E-state index contributed by atoms with van der Waals surface area (Å²) in [5.41, 5.74) is 0.240. The van der Waals surface area contributed by atoms with E-state index in [1.165, 1.54) is 6.07 Å². The monoisotopic (exact) mass is 310 g/mol. The Morgan fingerprint density at radius 1 is 1.11 bits per heavy atom. The smallest absolute Gasteiger partial charge is 0.133 e. The van der Waals surface area contributed by atoms with Crippen molar-refractivity contribution in [1.82, 2.24) is 0 Å². The Kier molecular flexibility index (Phi) is 4.33. The van der Waals surface area contributed by atoms with Crippen molar-refractivity contribution in [3.63, 3.8) is 0 Å². The first kappa shape index (κ1) is 13.1. The summed E-state index contributed by atoms with van der Waals surface area (Å²) in [4.78, 5) is 0. The van der Waals surface area contributed by atoms with Gasteiger partial charge in [-0.3, -0.25) is 0 Å². The molecule has 0 saturated heterocycles. The molecule has 1 N–H and O–H groups in total. The largest absolute Gasteiger partial charge is 0.489 e. The Labute approximate surface area is 113 Å². The van der Waals surface area contributed by atoms with Crippen LogP contribution in [0, 0.1) is 5.82 Å². The minimum Gasteiger partial charge on any atom is -0.489 e. The molecule has 0 aliphatic rings. The van der Waals surface area contributed by atoms with E-state index in [2.05, 4.69) is 15.9 Å². The summed E-state index contributed by atoms with van der Waals surface area (Å²) in [5, 5.41) is 9.87. The van der Waals surface area contributed by atoms with Crippen LogP contribution in [0.3, 0.4) is 0 Å². The molecule has 0 saturated carbocycles. The second kappa shape index (κ2) is 5.98. The fourth-order valence-electron chi connectivity index (χ4n) is 1.57. The topological polar surface area (TPSA) is 29.5 Å². The lowest BCUT2D eigenvalue weighted by Crippen LogP contribution is -2.11. The van der Waals surface area contributed by atoms with Crippen molar-refractivity contribution in [3.05, 3.63) is 64.4 Å². The zero-order valence-electron chi connectivity index (χ0n) is 9.51. The fourth-order valence-corrected chi connectivity index (χ4v) is 1.96. The molecule has 0 unspecified atom stereocenters. The van der Waals surface area contributed by atoms with Crippen LogP contribution in [0.25, 0.3) is 0 Å². The highest BCUT2D eigenvalue weighted by molar-refractivity contribution is 9.10. The molecule has 1 atom stereocenters. The van der Waals surface area contributed by atoms with Crippen molar-refractivity contribution in [1.29, 1.82) is 0 Å². The summed E-state index contributed by atoms with van der Waals surface area (Å²) in [6, 6.07) is 13.4. The van der Waals surface area contributed by atoms with Crippen molar-refractivity contribution in [2.45, 2.75) is 6.10 Å². The normalized spacial score (nSPS) is 12.2. The fraction of sp³-hybridized carbons (Fsp3) is 0.143. The molecular formula is C14H12BrFO2. The molecule has 2 aromatic carbocycles. The lowest BCUT2D eigenvalue weighted by molar-refractivity contribution is 0.104. The van der Waals surface area contributed by atoms with Gasteiger partial charge in [0, 0.05) is 5.56 Å². The van der Waals surface area contributed by atoms with Crippen LogP contribution in [-0.4, -0.2) is 11.7 Å². The molecule has 18 heavy (non-hydrogen) atoms. The van der Waals surface area contributed by atoms with Gasteiger partial charge in [-0.1, -0.05) is 30.3 Å². The first-order chi connectivity index (χ1) is 8.68. The number of ether oxygens (including phenoxy) is 1. The van der Waals surface area contributed by atoms with Gasteiger partial charge >= 0.3 is 0 Å². The molecule has 2 rings (SSSR count). The number of hydrogen-bond donors (Lipinski definition) is 1. The third kappa shape index (κ3) is 3.09. The molecule has 0 radical (unpaired) electrons. The highest BCUT2D eigenvalue weighted by Crippen LogP contribution is 2.25. The first-order valence-electron chi connectivity index (χ1n) is 5.48. The predicted octanol–water partition coefficient (Wildman–Crippen LogP) is 3.70. The van der Waals surface area contributed by atoms with Crippen LogP contribution in [0.5, 0.6) is 5.75 Å². The highest BCUT2D eigenvalue weighted by atomic mass is 79.9. The quantitative estimate of drug-likeness (QED) is 0.933.